The molecule has 1 nitrogen and oxygen atoms in total. The Morgan fingerprint density at radius 1 is 0.667 bits per heavy atom. The number of allylic oxidation sites excluding steroid dienone is 4. The van der Waals surface area contributed by atoms with Crippen LogP contribution in [0, 0.1) is 0 Å². The van der Waals surface area contributed by atoms with Crippen LogP contribution >= 0.6 is 0 Å². The van der Waals surface area contributed by atoms with Crippen LogP contribution in [0.1, 0.15) is 77.6 Å². The number of hydrogen-bond donors (Lipinski definition) is 0. The van der Waals surface area contributed by atoms with Crippen molar-refractivity contribution in [2.45, 2.75) is 77.6 Å². The second kappa shape index (κ2) is 16.1. The van der Waals surface area contributed by atoms with E-state index in [1.807, 2.05) is 6.08 Å². The first kappa shape index (κ1) is 17.2. The van der Waals surface area contributed by atoms with Gasteiger partial charge in [0.1, 0.15) is 6.29 Å². The largest absolute Gasteiger partial charge is 0.299 e. The quantitative estimate of drug-likeness (QED) is 0.180. The van der Waals surface area contributed by atoms with Crippen molar-refractivity contribution in [1.82, 2.24) is 0 Å². The van der Waals surface area contributed by atoms with Gasteiger partial charge in [-0.1, -0.05) is 82.9 Å². The highest BCUT2D eigenvalue weighted by Crippen LogP contribution is 2.11. The normalized spacial score (nSPS) is 11.6. The number of carbonyl (C=O) groups excluding carboxylic acids is 1. The van der Waals surface area contributed by atoms with Gasteiger partial charge in [0.05, 0.1) is 0 Å². The molecule has 0 spiro atoms. The van der Waals surface area contributed by atoms with Crippen LogP contribution in [-0.4, -0.2) is 6.29 Å². The number of aldehydes is 1. The topological polar surface area (TPSA) is 17.1 Å². The molecule has 0 bridgehead atoms. The Kier molecular flexibility index (Phi) is 15.4. The molecule has 0 heterocycles. The molecule has 0 unspecified atom stereocenters. The summed E-state index contributed by atoms with van der Waals surface area (Å²) in [5, 5.41) is 0. The molecule has 0 aromatic rings. The SMILES string of the molecule is CCCCCCCCCCCC/C=C/C=C/C=O. The van der Waals surface area contributed by atoms with Gasteiger partial charge in [-0.25, -0.2) is 0 Å². The molecule has 0 aliphatic carbocycles. The first-order valence-electron chi connectivity index (χ1n) is 7.68. The van der Waals surface area contributed by atoms with Crippen LogP contribution in [0.4, 0.5) is 0 Å². The van der Waals surface area contributed by atoms with Crippen molar-refractivity contribution >= 4 is 6.29 Å². The Balaban J connectivity index is 3.05. The average Bonchev–Trinajstić information content (AvgIpc) is 2.39. The van der Waals surface area contributed by atoms with Crippen molar-refractivity contribution in [2.24, 2.45) is 0 Å². The van der Waals surface area contributed by atoms with E-state index in [2.05, 4.69) is 13.0 Å². The summed E-state index contributed by atoms with van der Waals surface area (Å²) in [6.45, 7) is 2.27. The monoisotopic (exact) mass is 250 g/mol. The van der Waals surface area contributed by atoms with Crippen molar-refractivity contribution in [3.05, 3.63) is 24.3 Å². The summed E-state index contributed by atoms with van der Waals surface area (Å²) in [6, 6.07) is 0. The van der Waals surface area contributed by atoms with Gasteiger partial charge in [0.25, 0.3) is 0 Å². The van der Waals surface area contributed by atoms with Gasteiger partial charge in [-0.05, 0) is 18.9 Å². The Morgan fingerprint density at radius 2 is 1.22 bits per heavy atom. The molecule has 104 valence electrons. The predicted octanol–water partition coefficient (Wildman–Crippen LogP) is 5.61. The lowest BCUT2D eigenvalue weighted by Crippen LogP contribution is -1.81. The molecule has 0 aromatic carbocycles. The van der Waals surface area contributed by atoms with Crippen molar-refractivity contribution < 1.29 is 4.79 Å². The third-order valence-electron chi connectivity index (χ3n) is 3.16. The van der Waals surface area contributed by atoms with Crippen LogP contribution in [0.25, 0.3) is 0 Å². The highest BCUT2D eigenvalue weighted by atomic mass is 16.1. The standard InChI is InChI=1S/C17H30O/c1-2-3-4-5-6-7-8-9-10-11-12-13-14-15-16-17-18/h13-17H,2-12H2,1H3/b14-13+,16-15+. The van der Waals surface area contributed by atoms with Crippen LogP contribution in [0.3, 0.4) is 0 Å². The van der Waals surface area contributed by atoms with Gasteiger partial charge in [-0.2, -0.15) is 0 Å². The van der Waals surface area contributed by atoms with E-state index in [0.717, 1.165) is 12.7 Å². The molecule has 0 N–H and O–H groups in total. The van der Waals surface area contributed by atoms with Gasteiger partial charge in [0, 0.05) is 0 Å². The van der Waals surface area contributed by atoms with E-state index in [1.165, 1.54) is 70.3 Å². The molecule has 0 radical (unpaired) electrons. The van der Waals surface area contributed by atoms with Gasteiger partial charge in [0.15, 0.2) is 0 Å². The second-order valence-electron chi connectivity index (χ2n) is 4.92. The lowest BCUT2D eigenvalue weighted by atomic mass is 10.1. The average molecular weight is 250 g/mol. The number of rotatable bonds is 13. The molecule has 0 aliphatic heterocycles. The molecule has 0 fully saturated rings. The van der Waals surface area contributed by atoms with Crippen molar-refractivity contribution in [3.8, 4) is 0 Å². The fourth-order valence-corrected chi connectivity index (χ4v) is 2.03. The fraction of sp³-hybridized carbons (Fsp3) is 0.706. The van der Waals surface area contributed by atoms with Crippen molar-refractivity contribution in [2.75, 3.05) is 0 Å². The second-order valence-corrected chi connectivity index (χ2v) is 4.92. The van der Waals surface area contributed by atoms with E-state index in [0.29, 0.717) is 0 Å². The summed E-state index contributed by atoms with van der Waals surface area (Å²) in [5.41, 5.74) is 0. The Labute approximate surface area is 113 Å². The highest BCUT2D eigenvalue weighted by Gasteiger charge is 1.91. The smallest absolute Gasteiger partial charge is 0.142 e. The molecule has 0 saturated carbocycles. The van der Waals surface area contributed by atoms with Crippen LogP contribution in [0.5, 0.6) is 0 Å². The van der Waals surface area contributed by atoms with Crippen LogP contribution in [0.15, 0.2) is 24.3 Å². The summed E-state index contributed by atoms with van der Waals surface area (Å²) in [6.07, 6.45) is 23.2. The van der Waals surface area contributed by atoms with E-state index in [-0.39, 0.29) is 0 Å². The summed E-state index contributed by atoms with van der Waals surface area (Å²) in [4.78, 5) is 10.0. The molecule has 1 heteroatoms. The Morgan fingerprint density at radius 3 is 1.78 bits per heavy atom. The van der Waals surface area contributed by atoms with Crippen molar-refractivity contribution in [3.63, 3.8) is 0 Å². The Bertz CT molecular complexity index is 216. The highest BCUT2D eigenvalue weighted by molar-refractivity contribution is 5.65. The number of hydrogen-bond acceptors (Lipinski definition) is 1. The molecule has 0 aliphatic rings. The molecule has 0 rings (SSSR count). The van der Waals surface area contributed by atoms with E-state index in [9.17, 15) is 4.79 Å². The maximum Gasteiger partial charge on any atom is 0.142 e. The van der Waals surface area contributed by atoms with E-state index < -0.39 is 0 Å². The summed E-state index contributed by atoms with van der Waals surface area (Å²) < 4.78 is 0. The molecular weight excluding hydrogens is 220 g/mol. The molecule has 0 aromatic heterocycles. The lowest BCUT2D eigenvalue weighted by Gasteiger charge is -2.01. The molecule has 18 heavy (non-hydrogen) atoms. The minimum absolute atomic E-state index is 0.810. The summed E-state index contributed by atoms with van der Waals surface area (Å²) in [7, 11) is 0. The van der Waals surface area contributed by atoms with Gasteiger partial charge in [0.2, 0.25) is 0 Å². The number of carbonyl (C=O) groups is 1. The first-order chi connectivity index (χ1) is 8.91. The zero-order valence-corrected chi connectivity index (χ0v) is 12.1. The molecular formula is C17H30O. The summed E-state index contributed by atoms with van der Waals surface area (Å²) in [5.74, 6) is 0. The van der Waals surface area contributed by atoms with E-state index in [4.69, 9.17) is 0 Å². The zero-order valence-electron chi connectivity index (χ0n) is 12.1. The van der Waals surface area contributed by atoms with Crippen LogP contribution < -0.4 is 0 Å². The summed E-state index contributed by atoms with van der Waals surface area (Å²) >= 11 is 0. The van der Waals surface area contributed by atoms with Crippen molar-refractivity contribution in [1.29, 1.82) is 0 Å². The predicted molar refractivity (Wildman–Crippen MR) is 80.8 cm³/mol. The van der Waals surface area contributed by atoms with Gasteiger partial charge in [-0.15, -0.1) is 0 Å². The van der Waals surface area contributed by atoms with E-state index >= 15 is 0 Å². The van der Waals surface area contributed by atoms with E-state index in [1.54, 1.807) is 6.08 Å². The fourth-order valence-electron chi connectivity index (χ4n) is 2.03. The van der Waals surface area contributed by atoms with Crippen LogP contribution in [0.2, 0.25) is 0 Å². The first-order valence-corrected chi connectivity index (χ1v) is 7.68. The maximum atomic E-state index is 10.0. The van der Waals surface area contributed by atoms with Crippen LogP contribution in [-0.2, 0) is 4.79 Å². The van der Waals surface area contributed by atoms with Gasteiger partial charge in [-0.3, -0.25) is 4.79 Å². The maximum absolute atomic E-state index is 10.0. The van der Waals surface area contributed by atoms with Gasteiger partial charge >= 0.3 is 0 Å². The lowest BCUT2D eigenvalue weighted by molar-refractivity contribution is -0.104. The third kappa shape index (κ3) is 15.1. The molecule has 0 amide bonds. The third-order valence-corrected chi connectivity index (χ3v) is 3.16. The minimum atomic E-state index is 0.810. The minimum Gasteiger partial charge on any atom is -0.299 e. The number of unbranched alkanes of at least 4 members (excludes halogenated alkanes) is 10. The molecule has 0 saturated heterocycles. The van der Waals surface area contributed by atoms with Gasteiger partial charge < -0.3 is 0 Å². The zero-order chi connectivity index (χ0) is 13.3. The Hall–Kier alpha value is -0.850. The molecule has 0 atom stereocenters.